The van der Waals surface area contributed by atoms with Crippen molar-refractivity contribution >= 4 is 43.9 Å². The highest BCUT2D eigenvalue weighted by Gasteiger charge is 2.43. The molecule has 0 saturated carbocycles. The van der Waals surface area contributed by atoms with Gasteiger partial charge in [-0.1, -0.05) is 42.5 Å². The van der Waals surface area contributed by atoms with E-state index >= 15 is 0 Å². The van der Waals surface area contributed by atoms with Gasteiger partial charge in [0.2, 0.25) is 21.8 Å². The second-order valence-electron chi connectivity index (χ2n) is 10.0. The van der Waals surface area contributed by atoms with Crippen LogP contribution in [-0.4, -0.2) is 62.2 Å². The van der Waals surface area contributed by atoms with Crippen LogP contribution in [-0.2, 0) is 32.6 Å². The van der Waals surface area contributed by atoms with E-state index in [4.69, 9.17) is 10.00 Å². The summed E-state index contributed by atoms with van der Waals surface area (Å²) in [6.07, 6.45) is 0.833. The first-order valence-electron chi connectivity index (χ1n) is 13.4. The van der Waals surface area contributed by atoms with Crippen LogP contribution in [0.25, 0.3) is 10.8 Å². The quantitative estimate of drug-likeness (QED) is 0.278. The summed E-state index contributed by atoms with van der Waals surface area (Å²) < 4.78 is 34.6. The van der Waals surface area contributed by atoms with E-state index in [1.54, 1.807) is 35.2 Å². The number of sulfonamides is 1. The van der Waals surface area contributed by atoms with Gasteiger partial charge in [0.15, 0.2) is 0 Å². The number of ether oxygens (including phenoxy) is 1. The molecule has 3 aromatic carbocycles. The molecular formula is C31H30N4O5S2. The maximum atomic E-state index is 14.1. The molecule has 0 spiro atoms. The summed E-state index contributed by atoms with van der Waals surface area (Å²) in [7, 11) is -2.72. The summed E-state index contributed by atoms with van der Waals surface area (Å²) in [5.74, 6) is -0.274. The van der Waals surface area contributed by atoms with E-state index in [9.17, 15) is 18.0 Å². The lowest BCUT2D eigenvalue weighted by molar-refractivity contribution is -0.131. The normalized spacial score (nSPS) is 15.2. The second-order valence-corrected chi connectivity index (χ2v) is 12.8. The number of likely N-dealkylation sites (tertiary alicyclic amines) is 1. The van der Waals surface area contributed by atoms with E-state index < -0.39 is 28.5 Å². The summed E-state index contributed by atoms with van der Waals surface area (Å²) in [6, 6.07) is 22.5. The van der Waals surface area contributed by atoms with E-state index in [0.717, 1.165) is 20.8 Å². The minimum Gasteiger partial charge on any atom is -0.497 e. The molecule has 5 rings (SSSR count). The van der Waals surface area contributed by atoms with Crippen LogP contribution in [0.3, 0.4) is 0 Å². The van der Waals surface area contributed by atoms with Crippen molar-refractivity contribution in [3.05, 3.63) is 94.2 Å². The van der Waals surface area contributed by atoms with Gasteiger partial charge in [-0.25, -0.2) is 8.42 Å². The van der Waals surface area contributed by atoms with Crippen molar-refractivity contribution in [2.45, 2.75) is 30.3 Å². The molecule has 1 saturated heterocycles. The molecule has 0 aliphatic carbocycles. The lowest BCUT2D eigenvalue weighted by Crippen LogP contribution is -2.49. The first-order valence-corrected chi connectivity index (χ1v) is 15.8. The lowest BCUT2D eigenvalue weighted by Gasteiger charge is -2.27. The Morgan fingerprint density at radius 1 is 1.10 bits per heavy atom. The van der Waals surface area contributed by atoms with Gasteiger partial charge in [-0.3, -0.25) is 9.59 Å². The molecule has 216 valence electrons. The minimum absolute atomic E-state index is 0.0110. The zero-order valence-corrected chi connectivity index (χ0v) is 24.7. The number of nitrogens with one attached hydrogen (secondary N) is 1. The third-order valence-corrected chi connectivity index (χ3v) is 9.99. The number of methoxy groups -OCH3 is 1. The lowest BCUT2D eigenvalue weighted by atomic mass is 10.1. The van der Waals surface area contributed by atoms with Crippen LogP contribution in [0.2, 0.25) is 0 Å². The maximum absolute atomic E-state index is 14.1. The zero-order chi connectivity index (χ0) is 29.7. The number of benzene rings is 3. The number of rotatable bonds is 11. The van der Waals surface area contributed by atoms with Gasteiger partial charge in [-0.05, 0) is 70.5 Å². The van der Waals surface area contributed by atoms with Crippen LogP contribution in [0.15, 0.2) is 83.1 Å². The fourth-order valence-corrected chi connectivity index (χ4v) is 7.36. The highest BCUT2D eigenvalue weighted by atomic mass is 32.2. The van der Waals surface area contributed by atoms with Crippen molar-refractivity contribution in [2.75, 3.05) is 26.7 Å². The Balaban J connectivity index is 1.40. The molecule has 0 unspecified atom stereocenters. The van der Waals surface area contributed by atoms with E-state index in [0.29, 0.717) is 35.5 Å². The van der Waals surface area contributed by atoms with Gasteiger partial charge in [0.1, 0.15) is 22.7 Å². The fraction of sp³-hybridized carbons (Fsp3) is 0.258. The van der Waals surface area contributed by atoms with E-state index in [-0.39, 0.29) is 23.8 Å². The standard InChI is InChI=1S/C31H30N4O5S2/c1-40-26-9-7-24-8-10-28(17-25(24)16-26)42(38,39)35(20-30(36)33-13-11-22-5-3-2-4-6-22)29-12-14-34(31(29)37)19-23-15-27(18-32)41-21-23/h2-10,15-17,21,29H,11-14,19-20H2,1H3,(H,33,36)/t29-/m0/s1. The van der Waals surface area contributed by atoms with Gasteiger partial charge in [0.25, 0.3) is 0 Å². The molecule has 9 nitrogen and oxygen atoms in total. The topological polar surface area (TPSA) is 120 Å². The Morgan fingerprint density at radius 2 is 1.88 bits per heavy atom. The first-order chi connectivity index (χ1) is 20.3. The van der Waals surface area contributed by atoms with E-state index in [2.05, 4.69) is 11.4 Å². The minimum atomic E-state index is -4.25. The van der Waals surface area contributed by atoms with Crippen LogP contribution in [0.4, 0.5) is 0 Å². The Hall–Kier alpha value is -4.24. The molecule has 2 amide bonds. The average Bonchev–Trinajstić information content (AvgIpc) is 3.61. The Morgan fingerprint density at radius 3 is 2.62 bits per heavy atom. The van der Waals surface area contributed by atoms with Crippen molar-refractivity contribution < 1.29 is 22.7 Å². The second kappa shape index (κ2) is 12.7. The van der Waals surface area contributed by atoms with Gasteiger partial charge in [0.05, 0.1) is 18.6 Å². The molecule has 42 heavy (non-hydrogen) atoms. The van der Waals surface area contributed by atoms with Gasteiger partial charge in [-0.2, -0.15) is 9.57 Å². The number of fused-ring (bicyclic) bond motifs is 1. The number of hydrogen-bond acceptors (Lipinski definition) is 7. The van der Waals surface area contributed by atoms with Crippen LogP contribution in [0.5, 0.6) is 5.75 Å². The number of carbonyl (C=O) groups excluding carboxylic acids is 2. The van der Waals surface area contributed by atoms with Crippen molar-refractivity contribution in [2.24, 2.45) is 0 Å². The summed E-state index contributed by atoms with van der Waals surface area (Å²) in [4.78, 5) is 28.8. The molecule has 4 aromatic rings. The molecular weight excluding hydrogens is 572 g/mol. The summed E-state index contributed by atoms with van der Waals surface area (Å²) in [5, 5.41) is 15.3. The average molecular weight is 603 g/mol. The highest BCUT2D eigenvalue weighted by Crippen LogP contribution is 2.29. The Labute approximate surface area is 249 Å². The molecule has 1 aliphatic rings. The van der Waals surface area contributed by atoms with E-state index in [1.165, 1.54) is 24.5 Å². The van der Waals surface area contributed by atoms with Gasteiger partial charge in [0, 0.05) is 19.6 Å². The summed E-state index contributed by atoms with van der Waals surface area (Å²) in [5.41, 5.74) is 1.85. The maximum Gasteiger partial charge on any atom is 0.244 e. The molecule has 0 radical (unpaired) electrons. The van der Waals surface area contributed by atoms with Gasteiger partial charge >= 0.3 is 0 Å². The SMILES string of the molecule is COc1ccc2ccc(S(=O)(=O)N(CC(=O)NCCc3ccccc3)[C@H]3CCN(Cc4csc(C#N)c4)C3=O)cc2c1. The van der Waals surface area contributed by atoms with Crippen molar-refractivity contribution in [1.82, 2.24) is 14.5 Å². The molecule has 1 aliphatic heterocycles. The number of nitrogens with zero attached hydrogens (tertiary/aromatic N) is 3. The smallest absolute Gasteiger partial charge is 0.244 e. The highest BCUT2D eigenvalue weighted by molar-refractivity contribution is 7.89. The third-order valence-electron chi connectivity index (χ3n) is 7.26. The molecule has 0 bridgehead atoms. The van der Waals surface area contributed by atoms with Crippen molar-refractivity contribution in [1.29, 1.82) is 5.26 Å². The van der Waals surface area contributed by atoms with Gasteiger partial charge in [-0.15, -0.1) is 11.3 Å². The fourth-order valence-electron chi connectivity index (χ4n) is 5.06. The van der Waals surface area contributed by atoms with Gasteiger partial charge < -0.3 is 15.0 Å². The zero-order valence-electron chi connectivity index (χ0n) is 23.0. The third kappa shape index (κ3) is 6.46. The number of carbonyl (C=O) groups is 2. The molecule has 1 atom stereocenters. The molecule has 11 heteroatoms. The van der Waals surface area contributed by atoms with Crippen LogP contribution in [0.1, 0.15) is 22.4 Å². The molecule has 1 fully saturated rings. The Kier molecular flexibility index (Phi) is 8.87. The Bertz CT molecular complexity index is 1750. The van der Waals surface area contributed by atoms with Crippen LogP contribution < -0.4 is 10.1 Å². The van der Waals surface area contributed by atoms with E-state index in [1.807, 2.05) is 41.8 Å². The predicted molar refractivity (Wildman–Crippen MR) is 160 cm³/mol. The summed E-state index contributed by atoms with van der Waals surface area (Å²) >= 11 is 1.29. The van der Waals surface area contributed by atoms with Crippen molar-refractivity contribution in [3.63, 3.8) is 0 Å². The molecule has 1 N–H and O–H groups in total. The van der Waals surface area contributed by atoms with Crippen LogP contribution in [0, 0.1) is 11.3 Å². The summed E-state index contributed by atoms with van der Waals surface area (Å²) in [6.45, 7) is 0.434. The number of nitriles is 1. The molecule has 2 heterocycles. The number of hydrogen-bond donors (Lipinski definition) is 1. The number of amides is 2. The largest absolute Gasteiger partial charge is 0.497 e. The number of thiophene rings is 1. The van der Waals surface area contributed by atoms with Crippen LogP contribution >= 0.6 is 11.3 Å². The first kappa shape index (κ1) is 29.3. The molecule has 1 aromatic heterocycles. The van der Waals surface area contributed by atoms with Crippen molar-refractivity contribution in [3.8, 4) is 11.8 Å². The monoisotopic (exact) mass is 602 g/mol. The predicted octanol–water partition coefficient (Wildman–Crippen LogP) is 3.93.